The minimum atomic E-state index is -0.361. The Bertz CT molecular complexity index is 686. The van der Waals surface area contributed by atoms with Crippen LogP contribution in [0.5, 0.6) is 0 Å². The van der Waals surface area contributed by atoms with E-state index >= 15 is 0 Å². The summed E-state index contributed by atoms with van der Waals surface area (Å²) < 4.78 is 19.7. The number of pyridine rings is 1. The fourth-order valence-electron chi connectivity index (χ4n) is 2.97. The Kier molecular flexibility index (Phi) is 3.83. The van der Waals surface area contributed by atoms with E-state index in [-0.39, 0.29) is 23.7 Å². The van der Waals surface area contributed by atoms with Crippen molar-refractivity contribution in [2.45, 2.75) is 25.8 Å². The van der Waals surface area contributed by atoms with Gasteiger partial charge in [0.1, 0.15) is 11.5 Å². The number of furan rings is 1. The molecule has 0 saturated carbocycles. The molecule has 1 aliphatic heterocycles. The van der Waals surface area contributed by atoms with Crippen LogP contribution in [0.25, 0.3) is 0 Å². The second-order valence-electron chi connectivity index (χ2n) is 5.59. The summed E-state index contributed by atoms with van der Waals surface area (Å²) in [5, 5.41) is 2.94. The number of hydrogen-bond donors (Lipinski definition) is 1. The maximum atomic E-state index is 13.9. The molecule has 1 N–H and O–H groups in total. The second-order valence-corrected chi connectivity index (χ2v) is 5.59. The number of aromatic nitrogens is 1. The molecule has 1 amide bonds. The number of nitrogens with zero attached hydrogens (tertiary/aromatic N) is 2. The number of anilines is 1. The first-order valence-electron chi connectivity index (χ1n) is 7.22. The third-order valence-electron chi connectivity index (χ3n) is 3.93. The molecular formula is C16H18FN3O2. The Balaban J connectivity index is 1.88. The van der Waals surface area contributed by atoms with Gasteiger partial charge in [-0.2, -0.15) is 0 Å². The molecule has 0 bridgehead atoms. The molecule has 2 aromatic heterocycles. The molecule has 22 heavy (non-hydrogen) atoms. The van der Waals surface area contributed by atoms with Crippen molar-refractivity contribution >= 4 is 11.6 Å². The number of amides is 1. The number of hydrogen-bond acceptors (Lipinski definition) is 4. The molecule has 5 nitrogen and oxygen atoms in total. The molecule has 0 aromatic carbocycles. The normalized spacial score (nSPS) is 21.1. The van der Waals surface area contributed by atoms with Crippen molar-refractivity contribution in [3.63, 3.8) is 0 Å². The van der Waals surface area contributed by atoms with Crippen LogP contribution in [0.3, 0.4) is 0 Å². The lowest BCUT2D eigenvalue weighted by molar-refractivity contribution is -0.119. The maximum absolute atomic E-state index is 13.9. The van der Waals surface area contributed by atoms with E-state index in [4.69, 9.17) is 4.42 Å². The van der Waals surface area contributed by atoms with E-state index in [9.17, 15) is 9.18 Å². The van der Waals surface area contributed by atoms with Crippen molar-refractivity contribution in [3.8, 4) is 0 Å². The Morgan fingerprint density at radius 2 is 2.23 bits per heavy atom. The van der Waals surface area contributed by atoms with Crippen LogP contribution in [0, 0.1) is 12.7 Å². The average molecular weight is 303 g/mol. The van der Waals surface area contributed by atoms with Gasteiger partial charge in [0, 0.05) is 26.2 Å². The van der Waals surface area contributed by atoms with Gasteiger partial charge in [-0.25, -0.2) is 4.39 Å². The number of carbonyl (C=O) groups excluding carboxylic acids is 1. The summed E-state index contributed by atoms with van der Waals surface area (Å²) in [5.74, 6) is 1.17. The molecule has 0 spiro atoms. The van der Waals surface area contributed by atoms with E-state index in [1.54, 1.807) is 12.3 Å². The monoisotopic (exact) mass is 303 g/mol. The molecule has 0 aliphatic carbocycles. The van der Waals surface area contributed by atoms with Crippen molar-refractivity contribution in [2.24, 2.45) is 0 Å². The summed E-state index contributed by atoms with van der Waals surface area (Å²) >= 11 is 0. The maximum Gasteiger partial charge on any atom is 0.217 e. The summed E-state index contributed by atoms with van der Waals surface area (Å²) in [4.78, 5) is 17.1. The van der Waals surface area contributed by atoms with Gasteiger partial charge in [0.15, 0.2) is 5.82 Å². The van der Waals surface area contributed by atoms with Crippen molar-refractivity contribution in [1.29, 1.82) is 0 Å². The molecule has 1 aliphatic rings. The van der Waals surface area contributed by atoms with Crippen LogP contribution in [0.1, 0.15) is 24.4 Å². The van der Waals surface area contributed by atoms with Gasteiger partial charge in [0.25, 0.3) is 0 Å². The van der Waals surface area contributed by atoms with Crippen LogP contribution in [-0.2, 0) is 4.79 Å². The van der Waals surface area contributed by atoms with Crippen molar-refractivity contribution in [3.05, 3.63) is 47.9 Å². The standard InChI is InChI=1S/C16H18FN3O2/c1-10-3-4-16(22-10)12-8-20(9-14(12)19-11(2)21)15-5-6-18-7-13(15)17/h3-7,12,14H,8-9H2,1-2H3,(H,19,21)/t12-,14-/m1/s1. The quantitative estimate of drug-likeness (QED) is 0.944. The predicted octanol–water partition coefficient (Wildman–Crippen LogP) is 2.23. The Morgan fingerprint density at radius 3 is 2.86 bits per heavy atom. The van der Waals surface area contributed by atoms with Crippen LogP contribution in [-0.4, -0.2) is 30.0 Å². The molecule has 3 heterocycles. The summed E-state index contributed by atoms with van der Waals surface area (Å²) in [6.07, 6.45) is 2.77. The number of carbonyl (C=O) groups is 1. The minimum absolute atomic E-state index is 0.00911. The van der Waals surface area contributed by atoms with Crippen molar-refractivity contribution < 1.29 is 13.6 Å². The van der Waals surface area contributed by atoms with Gasteiger partial charge in [-0.1, -0.05) is 0 Å². The highest BCUT2D eigenvalue weighted by molar-refractivity contribution is 5.73. The fraction of sp³-hybridized carbons (Fsp3) is 0.375. The third-order valence-corrected chi connectivity index (χ3v) is 3.93. The highest BCUT2D eigenvalue weighted by Gasteiger charge is 2.37. The molecule has 116 valence electrons. The summed E-state index contributed by atoms with van der Waals surface area (Å²) in [6.45, 7) is 4.48. The van der Waals surface area contributed by atoms with E-state index in [1.807, 2.05) is 24.0 Å². The largest absolute Gasteiger partial charge is 0.466 e. The SMILES string of the molecule is CC(=O)N[C@@H]1CN(c2ccncc2F)C[C@H]1c1ccc(C)o1. The number of nitrogens with one attached hydrogen (secondary N) is 1. The molecule has 0 unspecified atom stereocenters. The predicted molar refractivity (Wildman–Crippen MR) is 80.2 cm³/mol. The van der Waals surface area contributed by atoms with Crippen LogP contribution in [0.2, 0.25) is 0 Å². The lowest BCUT2D eigenvalue weighted by atomic mass is 10.0. The van der Waals surface area contributed by atoms with E-state index in [0.717, 1.165) is 11.5 Å². The van der Waals surface area contributed by atoms with E-state index in [2.05, 4.69) is 10.3 Å². The van der Waals surface area contributed by atoms with Crippen LogP contribution in [0.15, 0.2) is 35.0 Å². The van der Waals surface area contributed by atoms with Gasteiger partial charge >= 0.3 is 0 Å². The Morgan fingerprint density at radius 1 is 1.41 bits per heavy atom. The van der Waals surface area contributed by atoms with Crippen LogP contribution in [0.4, 0.5) is 10.1 Å². The smallest absolute Gasteiger partial charge is 0.217 e. The van der Waals surface area contributed by atoms with Gasteiger partial charge in [0.2, 0.25) is 5.91 Å². The lowest BCUT2D eigenvalue weighted by Crippen LogP contribution is -2.38. The third kappa shape index (κ3) is 2.81. The number of aryl methyl sites for hydroxylation is 1. The van der Waals surface area contributed by atoms with Gasteiger partial charge in [-0.3, -0.25) is 9.78 Å². The minimum Gasteiger partial charge on any atom is -0.466 e. The zero-order valence-corrected chi connectivity index (χ0v) is 12.5. The molecule has 3 rings (SSSR count). The summed E-state index contributed by atoms with van der Waals surface area (Å²) in [7, 11) is 0. The molecule has 0 radical (unpaired) electrons. The highest BCUT2D eigenvalue weighted by atomic mass is 19.1. The Labute approximate surface area is 128 Å². The van der Waals surface area contributed by atoms with E-state index < -0.39 is 0 Å². The van der Waals surface area contributed by atoms with E-state index in [1.165, 1.54) is 13.1 Å². The van der Waals surface area contributed by atoms with Crippen LogP contribution < -0.4 is 10.2 Å². The Hall–Kier alpha value is -2.37. The molecule has 1 fully saturated rings. The topological polar surface area (TPSA) is 58.4 Å². The van der Waals surface area contributed by atoms with Gasteiger partial charge in [-0.05, 0) is 25.1 Å². The van der Waals surface area contributed by atoms with Crippen molar-refractivity contribution in [1.82, 2.24) is 10.3 Å². The lowest BCUT2D eigenvalue weighted by Gasteiger charge is -2.18. The fourth-order valence-corrected chi connectivity index (χ4v) is 2.97. The molecule has 6 heteroatoms. The molecule has 1 saturated heterocycles. The average Bonchev–Trinajstić information content (AvgIpc) is 3.05. The van der Waals surface area contributed by atoms with Crippen LogP contribution >= 0.6 is 0 Å². The second kappa shape index (κ2) is 5.79. The highest BCUT2D eigenvalue weighted by Crippen LogP contribution is 2.33. The van der Waals surface area contributed by atoms with Gasteiger partial charge in [0.05, 0.1) is 23.8 Å². The zero-order valence-electron chi connectivity index (χ0n) is 12.5. The van der Waals surface area contributed by atoms with Crippen molar-refractivity contribution in [2.75, 3.05) is 18.0 Å². The number of rotatable bonds is 3. The van der Waals surface area contributed by atoms with Gasteiger partial charge in [-0.15, -0.1) is 0 Å². The van der Waals surface area contributed by atoms with E-state index in [0.29, 0.717) is 18.8 Å². The van der Waals surface area contributed by atoms with Gasteiger partial charge < -0.3 is 14.6 Å². The molecule has 2 atom stereocenters. The first-order chi connectivity index (χ1) is 10.5. The first kappa shape index (κ1) is 14.6. The zero-order chi connectivity index (χ0) is 15.7. The summed E-state index contributed by atoms with van der Waals surface area (Å²) in [5.41, 5.74) is 0.496. The first-order valence-corrected chi connectivity index (χ1v) is 7.22. The summed E-state index contributed by atoms with van der Waals surface area (Å²) in [6, 6.07) is 5.35. The molecular weight excluding hydrogens is 285 g/mol. The number of halogens is 1. The molecule has 2 aromatic rings.